The van der Waals surface area contributed by atoms with Crippen LogP contribution in [0.2, 0.25) is 0 Å². The van der Waals surface area contributed by atoms with Crippen LogP contribution in [0.15, 0.2) is 30.3 Å². The molecule has 7 heteroatoms. The highest BCUT2D eigenvalue weighted by molar-refractivity contribution is 6.07. The first-order chi connectivity index (χ1) is 16.5. The fraction of sp³-hybridized carbons (Fsp3) is 0.444. The van der Waals surface area contributed by atoms with Gasteiger partial charge in [-0.05, 0) is 63.3 Å². The maximum atomic E-state index is 14.0. The third-order valence-electron chi connectivity index (χ3n) is 7.93. The largest absolute Gasteiger partial charge is 0.472 e. The molecular weight excluding hydrogens is 438 g/mol. The number of H-pyrrole nitrogens is 1. The SMILES string of the molecule is Cc1[nH]c2ccc3c(c2c1C(=O)OCc1c(F)cccc1F)CC1CCCN2CCCCC12O3. The smallest absolute Gasteiger partial charge is 0.340 e. The van der Waals surface area contributed by atoms with Crippen LogP contribution in [0.5, 0.6) is 5.75 Å². The standard InChI is InChI=1S/C27H28F2N2O3/c1-16-24(26(32)33-15-19-20(28)7-4-8-21(19)29)25-18-14-17-6-5-13-31-12-3-2-11-27(17,31)34-23(18)10-9-22(25)30-16/h4,7-10,17,30H,2-3,5-6,11-15H2,1H3. The molecule has 1 aromatic heterocycles. The van der Waals surface area contributed by atoms with Gasteiger partial charge >= 0.3 is 5.97 Å². The molecule has 1 N–H and O–H groups in total. The molecule has 0 radical (unpaired) electrons. The van der Waals surface area contributed by atoms with Gasteiger partial charge in [-0.15, -0.1) is 0 Å². The number of hydrogen-bond acceptors (Lipinski definition) is 4. The molecule has 2 saturated heterocycles. The number of halogens is 2. The molecule has 4 heterocycles. The summed E-state index contributed by atoms with van der Waals surface area (Å²) in [5, 5.41) is 0.803. The molecule has 2 fully saturated rings. The Morgan fingerprint density at radius 1 is 1.18 bits per heavy atom. The van der Waals surface area contributed by atoms with Gasteiger partial charge in [0.05, 0.1) is 11.1 Å². The summed E-state index contributed by atoms with van der Waals surface area (Å²) in [6, 6.07) is 7.56. The quantitative estimate of drug-likeness (QED) is 0.508. The number of fused-ring (bicyclic) bond motifs is 3. The topological polar surface area (TPSA) is 54.6 Å². The zero-order valence-corrected chi connectivity index (χ0v) is 19.3. The number of benzene rings is 2. The van der Waals surface area contributed by atoms with Gasteiger partial charge in [0.15, 0.2) is 5.72 Å². The maximum absolute atomic E-state index is 14.0. The molecule has 2 atom stereocenters. The second kappa shape index (κ2) is 8.08. The number of nitrogens with zero attached hydrogens (tertiary/aromatic N) is 1. The van der Waals surface area contributed by atoms with E-state index in [9.17, 15) is 13.6 Å². The Morgan fingerprint density at radius 3 is 2.79 bits per heavy atom. The highest BCUT2D eigenvalue weighted by atomic mass is 19.1. The Bertz CT molecular complexity index is 1260. The fourth-order valence-corrected chi connectivity index (χ4v) is 6.35. The molecule has 1 spiro atoms. The van der Waals surface area contributed by atoms with Crippen LogP contribution in [0.25, 0.3) is 10.9 Å². The molecular formula is C27H28F2N2O3. The summed E-state index contributed by atoms with van der Waals surface area (Å²) >= 11 is 0. The van der Waals surface area contributed by atoms with E-state index in [4.69, 9.17) is 9.47 Å². The van der Waals surface area contributed by atoms with Crippen molar-refractivity contribution in [3.8, 4) is 5.75 Å². The summed E-state index contributed by atoms with van der Waals surface area (Å²) in [5.74, 6) is -0.859. The molecule has 2 unspecified atom stereocenters. The van der Waals surface area contributed by atoms with Crippen molar-refractivity contribution in [1.29, 1.82) is 0 Å². The van der Waals surface area contributed by atoms with Crippen molar-refractivity contribution in [3.05, 3.63) is 64.4 Å². The van der Waals surface area contributed by atoms with Gasteiger partial charge in [-0.1, -0.05) is 6.07 Å². The van der Waals surface area contributed by atoms with Crippen molar-refractivity contribution in [2.24, 2.45) is 5.92 Å². The van der Waals surface area contributed by atoms with Crippen molar-refractivity contribution >= 4 is 16.9 Å². The second-order valence-corrected chi connectivity index (χ2v) is 9.80. The summed E-state index contributed by atoms with van der Waals surface area (Å²) in [7, 11) is 0. The van der Waals surface area contributed by atoms with Gasteiger partial charge < -0.3 is 14.5 Å². The van der Waals surface area contributed by atoms with E-state index in [1.54, 1.807) is 0 Å². The van der Waals surface area contributed by atoms with E-state index >= 15 is 0 Å². The average Bonchev–Trinajstić information content (AvgIpc) is 3.17. The van der Waals surface area contributed by atoms with E-state index in [0.29, 0.717) is 17.2 Å². The molecule has 0 amide bonds. The third kappa shape index (κ3) is 3.24. The number of piperidine rings is 2. The van der Waals surface area contributed by atoms with Crippen LogP contribution < -0.4 is 4.74 Å². The Balaban J connectivity index is 1.37. The van der Waals surface area contributed by atoms with E-state index < -0.39 is 24.2 Å². The molecule has 3 aliphatic rings. The van der Waals surface area contributed by atoms with Gasteiger partial charge in [0, 0.05) is 47.6 Å². The summed E-state index contributed by atoms with van der Waals surface area (Å²) < 4.78 is 40.3. The van der Waals surface area contributed by atoms with Crippen molar-refractivity contribution in [1.82, 2.24) is 9.88 Å². The summed E-state index contributed by atoms with van der Waals surface area (Å²) in [6.45, 7) is 3.50. The van der Waals surface area contributed by atoms with Gasteiger partial charge in [-0.25, -0.2) is 13.6 Å². The number of nitrogens with one attached hydrogen (secondary N) is 1. The number of aromatic nitrogens is 1. The minimum absolute atomic E-state index is 0.244. The number of aromatic amines is 1. The lowest BCUT2D eigenvalue weighted by Crippen LogP contribution is -2.64. The highest BCUT2D eigenvalue weighted by Crippen LogP contribution is 2.50. The van der Waals surface area contributed by atoms with Crippen LogP contribution in [0.4, 0.5) is 8.78 Å². The molecule has 0 bridgehead atoms. The van der Waals surface area contributed by atoms with Gasteiger partial charge in [0.2, 0.25) is 0 Å². The Kier molecular flexibility index (Phi) is 5.13. The van der Waals surface area contributed by atoms with E-state index in [2.05, 4.69) is 9.88 Å². The number of rotatable bonds is 3. The molecule has 0 aliphatic carbocycles. The highest BCUT2D eigenvalue weighted by Gasteiger charge is 2.52. The van der Waals surface area contributed by atoms with E-state index in [1.165, 1.54) is 12.5 Å². The van der Waals surface area contributed by atoms with Crippen LogP contribution >= 0.6 is 0 Å². The van der Waals surface area contributed by atoms with Crippen molar-refractivity contribution < 1.29 is 23.0 Å². The maximum Gasteiger partial charge on any atom is 0.340 e. The first kappa shape index (κ1) is 21.6. The van der Waals surface area contributed by atoms with Gasteiger partial charge in [0.1, 0.15) is 24.0 Å². The number of carbonyl (C=O) groups excluding carboxylic acids is 1. The Labute approximate surface area is 197 Å². The zero-order chi connectivity index (χ0) is 23.4. The molecule has 5 nitrogen and oxygen atoms in total. The minimum Gasteiger partial charge on any atom is -0.472 e. The van der Waals surface area contributed by atoms with Gasteiger partial charge in [-0.2, -0.15) is 0 Å². The summed E-state index contributed by atoms with van der Waals surface area (Å²) in [5.41, 5.74) is 2.46. The second-order valence-electron chi connectivity index (χ2n) is 9.80. The molecule has 2 aromatic carbocycles. The Hall–Kier alpha value is -2.93. The predicted octanol–water partition coefficient (Wildman–Crippen LogP) is 5.64. The lowest BCUT2D eigenvalue weighted by Gasteiger charge is -2.56. The van der Waals surface area contributed by atoms with Crippen LogP contribution in [-0.2, 0) is 17.8 Å². The first-order valence-corrected chi connectivity index (χ1v) is 12.2. The number of esters is 1. The molecule has 0 saturated carbocycles. The van der Waals surface area contributed by atoms with E-state index in [-0.39, 0.29) is 11.3 Å². The van der Waals surface area contributed by atoms with Gasteiger partial charge in [-0.3, -0.25) is 4.90 Å². The molecule has 3 aromatic rings. The molecule has 3 aliphatic heterocycles. The van der Waals surface area contributed by atoms with Crippen molar-refractivity contribution in [2.75, 3.05) is 13.1 Å². The number of aryl methyl sites for hydroxylation is 1. The summed E-state index contributed by atoms with van der Waals surface area (Å²) in [6.07, 6.45) is 6.49. The summed E-state index contributed by atoms with van der Waals surface area (Å²) in [4.78, 5) is 19.0. The minimum atomic E-state index is -0.728. The van der Waals surface area contributed by atoms with Crippen molar-refractivity contribution in [2.45, 2.75) is 57.8 Å². The fourth-order valence-electron chi connectivity index (χ4n) is 6.35. The lowest BCUT2D eigenvalue weighted by molar-refractivity contribution is -0.177. The van der Waals surface area contributed by atoms with Crippen LogP contribution in [0, 0.1) is 24.5 Å². The zero-order valence-electron chi connectivity index (χ0n) is 19.3. The average molecular weight is 467 g/mol. The molecule has 178 valence electrons. The molecule has 6 rings (SSSR count). The first-order valence-electron chi connectivity index (χ1n) is 12.2. The normalized spacial score (nSPS) is 24.1. The number of hydrogen-bond donors (Lipinski definition) is 1. The monoisotopic (exact) mass is 466 g/mol. The number of ether oxygens (including phenoxy) is 2. The van der Waals surface area contributed by atoms with E-state index in [1.807, 2.05) is 19.1 Å². The van der Waals surface area contributed by atoms with Crippen molar-refractivity contribution in [3.63, 3.8) is 0 Å². The number of carbonyl (C=O) groups is 1. The van der Waals surface area contributed by atoms with Crippen LogP contribution in [0.1, 0.15) is 59.3 Å². The van der Waals surface area contributed by atoms with E-state index in [0.717, 1.165) is 79.5 Å². The van der Waals surface area contributed by atoms with Crippen LogP contribution in [0.3, 0.4) is 0 Å². The molecule has 34 heavy (non-hydrogen) atoms. The third-order valence-corrected chi connectivity index (χ3v) is 7.93. The van der Waals surface area contributed by atoms with Gasteiger partial charge in [0.25, 0.3) is 0 Å². The predicted molar refractivity (Wildman–Crippen MR) is 124 cm³/mol. The van der Waals surface area contributed by atoms with Crippen LogP contribution in [-0.4, -0.2) is 34.7 Å². The Morgan fingerprint density at radius 2 is 1.97 bits per heavy atom. The lowest BCUT2D eigenvalue weighted by atomic mass is 9.74.